The minimum absolute atomic E-state index is 0.0473. The number of alkyl carbamates (subject to hydrolysis) is 1. The van der Waals surface area contributed by atoms with Crippen LogP contribution in [0.4, 0.5) is 4.79 Å². The van der Waals surface area contributed by atoms with Crippen LogP contribution in [0.1, 0.15) is 39.4 Å². The highest BCUT2D eigenvalue weighted by Gasteiger charge is 2.28. The van der Waals surface area contributed by atoms with Gasteiger partial charge < -0.3 is 10.1 Å². The number of amides is 2. The molecule has 162 valence electrons. The molecule has 0 aliphatic heterocycles. The Morgan fingerprint density at radius 2 is 1.62 bits per heavy atom. The van der Waals surface area contributed by atoms with Gasteiger partial charge in [-0.2, -0.15) is 0 Å². The van der Waals surface area contributed by atoms with E-state index in [0.29, 0.717) is 25.1 Å². The second kappa shape index (κ2) is 9.94. The van der Waals surface area contributed by atoms with E-state index in [4.69, 9.17) is 10.6 Å². The second-order valence-corrected chi connectivity index (χ2v) is 7.54. The van der Waals surface area contributed by atoms with E-state index in [0.717, 1.165) is 5.56 Å². The van der Waals surface area contributed by atoms with Gasteiger partial charge in [-0.25, -0.2) is 10.6 Å². The van der Waals surface area contributed by atoms with Gasteiger partial charge >= 0.3 is 6.09 Å². The molecule has 32 heavy (non-hydrogen) atoms. The van der Waals surface area contributed by atoms with Crippen LogP contribution in [0, 0.1) is 0 Å². The van der Waals surface area contributed by atoms with Gasteiger partial charge in [0.1, 0.15) is 6.61 Å². The van der Waals surface area contributed by atoms with Crippen LogP contribution in [0.15, 0.2) is 78.9 Å². The van der Waals surface area contributed by atoms with E-state index in [-0.39, 0.29) is 11.8 Å². The zero-order valence-electron chi connectivity index (χ0n) is 17.6. The van der Waals surface area contributed by atoms with Crippen LogP contribution in [0.5, 0.6) is 0 Å². The van der Waals surface area contributed by atoms with E-state index in [9.17, 15) is 9.59 Å². The van der Waals surface area contributed by atoms with Crippen LogP contribution in [-0.2, 0) is 4.74 Å². The number of benzene rings is 3. The Morgan fingerprint density at radius 1 is 0.938 bits per heavy atom. The largest absolute Gasteiger partial charge is 0.449 e. The first-order valence-electron chi connectivity index (χ1n) is 10.5. The highest BCUT2D eigenvalue weighted by Crippen LogP contribution is 2.44. The lowest BCUT2D eigenvalue weighted by atomic mass is 9.98. The molecule has 0 atom stereocenters. The second-order valence-electron chi connectivity index (χ2n) is 7.54. The Balaban J connectivity index is 1.26. The van der Waals surface area contributed by atoms with Crippen molar-refractivity contribution in [2.24, 2.45) is 5.84 Å². The van der Waals surface area contributed by atoms with Gasteiger partial charge in [0.05, 0.1) is 0 Å². The fraction of sp³-hybridized carbons (Fsp3) is 0.154. The molecule has 1 aliphatic rings. The van der Waals surface area contributed by atoms with Crippen molar-refractivity contribution >= 4 is 18.1 Å². The van der Waals surface area contributed by atoms with E-state index in [1.807, 2.05) is 42.5 Å². The molecule has 1 aliphatic carbocycles. The van der Waals surface area contributed by atoms with Crippen LogP contribution in [0.25, 0.3) is 17.2 Å². The summed E-state index contributed by atoms with van der Waals surface area (Å²) in [7, 11) is 0. The predicted octanol–water partition coefficient (Wildman–Crippen LogP) is 4.23. The van der Waals surface area contributed by atoms with E-state index in [1.54, 1.807) is 18.2 Å². The minimum atomic E-state index is -0.429. The Bertz CT molecular complexity index is 1110. The van der Waals surface area contributed by atoms with E-state index < -0.39 is 6.09 Å². The number of hydrogen-bond donors (Lipinski definition) is 3. The number of ether oxygens (including phenoxy) is 1. The lowest BCUT2D eigenvalue weighted by Gasteiger charge is -2.14. The van der Waals surface area contributed by atoms with Crippen molar-refractivity contribution in [1.29, 1.82) is 0 Å². The van der Waals surface area contributed by atoms with Crippen molar-refractivity contribution in [1.82, 2.24) is 10.7 Å². The molecule has 0 saturated carbocycles. The molecule has 0 bridgehead atoms. The summed E-state index contributed by atoms with van der Waals surface area (Å²) in [6.45, 7) is 0.752. The van der Waals surface area contributed by atoms with Gasteiger partial charge in [-0.1, -0.05) is 72.8 Å². The van der Waals surface area contributed by atoms with Crippen molar-refractivity contribution in [2.45, 2.75) is 12.3 Å². The van der Waals surface area contributed by atoms with Crippen LogP contribution < -0.4 is 16.6 Å². The number of rotatable bonds is 7. The Morgan fingerprint density at radius 3 is 2.31 bits per heavy atom. The van der Waals surface area contributed by atoms with Gasteiger partial charge in [-0.3, -0.25) is 10.2 Å². The quantitative estimate of drug-likeness (QED) is 0.228. The molecule has 0 fully saturated rings. The molecule has 2 amide bonds. The summed E-state index contributed by atoms with van der Waals surface area (Å²) in [5.41, 5.74) is 8.28. The highest BCUT2D eigenvalue weighted by atomic mass is 16.5. The normalized spacial score (nSPS) is 12.3. The average molecular weight is 428 g/mol. The van der Waals surface area contributed by atoms with E-state index >= 15 is 0 Å². The topological polar surface area (TPSA) is 93.5 Å². The molecule has 4 rings (SSSR count). The number of nitrogens with two attached hydrogens (primary N) is 1. The molecule has 0 unspecified atom stereocenters. The number of nitrogens with one attached hydrogen (secondary N) is 2. The number of carbonyl (C=O) groups excluding carboxylic acids is 2. The van der Waals surface area contributed by atoms with Crippen molar-refractivity contribution in [3.63, 3.8) is 0 Å². The Hall–Kier alpha value is -3.90. The van der Waals surface area contributed by atoms with Crippen molar-refractivity contribution in [3.8, 4) is 11.1 Å². The molecule has 6 nitrogen and oxygen atoms in total. The molecule has 3 aromatic rings. The molecule has 6 heteroatoms. The highest BCUT2D eigenvalue weighted by molar-refractivity contribution is 5.94. The third-order valence-electron chi connectivity index (χ3n) is 5.51. The SMILES string of the molecule is NNC(=O)c1cccc(C=CCCNC(=O)OCC2c3ccccc3-c3ccccc32)c1. The van der Waals surface area contributed by atoms with Gasteiger partial charge in [0.25, 0.3) is 5.91 Å². The van der Waals surface area contributed by atoms with E-state index in [2.05, 4.69) is 35.0 Å². The minimum Gasteiger partial charge on any atom is -0.449 e. The van der Waals surface area contributed by atoms with Crippen molar-refractivity contribution in [2.75, 3.05) is 13.2 Å². The molecule has 3 aromatic carbocycles. The summed E-state index contributed by atoms with van der Waals surface area (Å²) >= 11 is 0. The van der Waals surface area contributed by atoms with Gasteiger partial charge in [0, 0.05) is 18.0 Å². The smallest absolute Gasteiger partial charge is 0.407 e. The molecule has 0 spiro atoms. The maximum absolute atomic E-state index is 12.2. The molecular weight excluding hydrogens is 402 g/mol. The van der Waals surface area contributed by atoms with Gasteiger partial charge in [0.2, 0.25) is 0 Å². The van der Waals surface area contributed by atoms with Crippen LogP contribution in [0.2, 0.25) is 0 Å². The standard InChI is InChI=1S/C26H25N3O3/c27-29-25(30)19-10-7-9-18(16-19)8-5-6-15-28-26(31)32-17-24-22-13-3-1-11-20(22)21-12-2-4-14-23(21)24/h1-5,7-14,16,24H,6,15,17,27H2,(H,28,31)(H,29,30). The summed E-state index contributed by atoms with van der Waals surface area (Å²) < 4.78 is 5.53. The first-order chi connectivity index (χ1) is 15.7. The number of fused-ring (bicyclic) bond motifs is 3. The average Bonchev–Trinajstić information content (AvgIpc) is 3.16. The van der Waals surface area contributed by atoms with Crippen molar-refractivity contribution in [3.05, 3.63) is 101 Å². The molecule has 0 radical (unpaired) electrons. The maximum atomic E-state index is 12.2. The first-order valence-corrected chi connectivity index (χ1v) is 10.5. The fourth-order valence-corrected chi connectivity index (χ4v) is 3.99. The lowest BCUT2D eigenvalue weighted by Crippen LogP contribution is -2.29. The zero-order chi connectivity index (χ0) is 22.3. The number of hydrazine groups is 1. The Kier molecular flexibility index (Phi) is 6.63. The predicted molar refractivity (Wildman–Crippen MR) is 125 cm³/mol. The van der Waals surface area contributed by atoms with Crippen LogP contribution in [0.3, 0.4) is 0 Å². The monoisotopic (exact) mass is 427 g/mol. The Labute approximate surface area is 187 Å². The summed E-state index contributed by atoms with van der Waals surface area (Å²) in [5, 5.41) is 2.79. The third kappa shape index (κ3) is 4.71. The summed E-state index contributed by atoms with van der Waals surface area (Å²) in [5.74, 6) is 4.88. The molecule has 0 heterocycles. The van der Waals surface area contributed by atoms with Gasteiger partial charge in [-0.05, 0) is 46.4 Å². The lowest BCUT2D eigenvalue weighted by molar-refractivity contribution is 0.0953. The van der Waals surface area contributed by atoms with Gasteiger partial charge in [-0.15, -0.1) is 0 Å². The van der Waals surface area contributed by atoms with Gasteiger partial charge in [0.15, 0.2) is 0 Å². The van der Waals surface area contributed by atoms with Crippen LogP contribution in [-0.4, -0.2) is 25.2 Å². The molecular formula is C26H25N3O3. The summed E-state index contributed by atoms with van der Waals surface area (Å²) in [6.07, 6.45) is 4.04. The maximum Gasteiger partial charge on any atom is 0.407 e. The summed E-state index contributed by atoms with van der Waals surface area (Å²) in [6, 6.07) is 23.6. The molecule has 0 aromatic heterocycles. The van der Waals surface area contributed by atoms with E-state index in [1.165, 1.54) is 22.3 Å². The number of carbonyl (C=O) groups is 2. The van der Waals surface area contributed by atoms with Crippen LogP contribution >= 0.6 is 0 Å². The zero-order valence-corrected chi connectivity index (χ0v) is 17.6. The fourth-order valence-electron chi connectivity index (χ4n) is 3.99. The first kappa shape index (κ1) is 21.3. The molecule has 4 N–H and O–H groups in total. The molecule has 0 saturated heterocycles. The summed E-state index contributed by atoms with van der Waals surface area (Å²) in [4.78, 5) is 23.8. The number of nitrogen functional groups attached to an aromatic ring is 1. The third-order valence-corrected chi connectivity index (χ3v) is 5.51. The number of hydrogen-bond acceptors (Lipinski definition) is 4. The van der Waals surface area contributed by atoms with Crippen molar-refractivity contribution < 1.29 is 14.3 Å².